The molecule has 0 aliphatic rings. The van der Waals surface area contributed by atoms with Crippen LogP contribution in [0, 0.1) is 18.6 Å². The van der Waals surface area contributed by atoms with Crippen LogP contribution in [0.1, 0.15) is 11.1 Å². The fourth-order valence-corrected chi connectivity index (χ4v) is 3.27. The van der Waals surface area contributed by atoms with Gasteiger partial charge in [-0.1, -0.05) is 0 Å². The van der Waals surface area contributed by atoms with Gasteiger partial charge >= 0.3 is 0 Å². The zero-order chi connectivity index (χ0) is 17.0. The van der Waals surface area contributed by atoms with Crippen molar-refractivity contribution in [3.8, 4) is 5.75 Å². The predicted octanol–water partition coefficient (Wildman–Crippen LogP) is 2.80. The van der Waals surface area contributed by atoms with Crippen molar-refractivity contribution in [2.45, 2.75) is 18.2 Å². The van der Waals surface area contributed by atoms with E-state index in [0.717, 1.165) is 18.2 Å². The van der Waals surface area contributed by atoms with Gasteiger partial charge in [-0.2, -0.15) is 0 Å². The zero-order valence-electron chi connectivity index (χ0n) is 12.8. The Morgan fingerprint density at radius 2 is 1.87 bits per heavy atom. The van der Waals surface area contributed by atoms with Gasteiger partial charge in [0.2, 0.25) is 10.0 Å². The molecule has 7 heteroatoms. The maximum Gasteiger partial charge on any atom is 0.240 e. The van der Waals surface area contributed by atoms with Crippen molar-refractivity contribution in [1.82, 2.24) is 4.72 Å². The lowest BCUT2D eigenvalue weighted by Gasteiger charge is -2.10. The number of sulfonamides is 1. The van der Waals surface area contributed by atoms with Gasteiger partial charge in [0, 0.05) is 6.54 Å². The summed E-state index contributed by atoms with van der Waals surface area (Å²) >= 11 is 0. The molecule has 0 saturated carbocycles. The van der Waals surface area contributed by atoms with E-state index in [0.29, 0.717) is 11.3 Å². The van der Waals surface area contributed by atoms with E-state index in [2.05, 4.69) is 4.72 Å². The summed E-state index contributed by atoms with van der Waals surface area (Å²) < 4.78 is 58.4. The molecule has 0 bridgehead atoms. The third kappa shape index (κ3) is 4.27. The lowest BCUT2D eigenvalue weighted by Crippen LogP contribution is -2.26. The van der Waals surface area contributed by atoms with E-state index in [1.807, 2.05) is 0 Å². The maximum absolute atomic E-state index is 13.5. The van der Waals surface area contributed by atoms with Crippen LogP contribution in [0.4, 0.5) is 8.78 Å². The maximum atomic E-state index is 13.5. The standard InChI is InChI=1S/C16H17F2NO3S/c1-11-9-14(4-6-16(11)22-2)23(20,21)19-8-7-12-10-13(17)3-5-15(12)18/h3-6,9-10,19H,7-8H2,1-2H3. The number of methoxy groups -OCH3 is 1. The van der Waals surface area contributed by atoms with Crippen LogP contribution in [0.5, 0.6) is 5.75 Å². The first-order chi connectivity index (χ1) is 10.8. The molecule has 2 aromatic rings. The molecular weight excluding hydrogens is 324 g/mol. The highest BCUT2D eigenvalue weighted by molar-refractivity contribution is 7.89. The van der Waals surface area contributed by atoms with Gasteiger partial charge in [0.15, 0.2) is 0 Å². The Bertz CT molecular complexity index is 807. The molecule has 0 radical (unpaired) electrons. The third-order valence-corrected chi connectivity index (χ3v) is 4.83. The van der Waals surface area contributed by atoms with Gasteiger partial charge in [-0.25, -0.2) is 21.9 Å². The van der Waals surface area contributed by atoms with Crippen molar-refractivity contribution >= 4 is 10.0 Å². The smallest absolute Gasteiger partial charge is 0.240 e. The number of hydrogen-bond donors (Lipinski definition) is 1. The largest absolute Gasteiger partial charge is 0.496 e. The molecule has 0 spiro atoms. The minimum Gasteiger partial charge on any atom is -0.496 e. The fourth-order valence-electron chi connectivity index (χ4n) is 2.16. The molecule has 0 aliphatic heterocycles. The zero-order valence-corrected chi connectivity index (χ0v) is 13.6. The summed E-state index contributed by atoms with van der Waals surface area (Å²) in [4.78, 5) is 0.0931. The fraction of sp³-hybridized carbons (Fsp3) is 0.250. The first-order valence-electron chi connectivity index (χ1n) is 6.92. The summed E-state index contributed by atoms with van der Waals surface area (Å²) in [6, 6.07) is 7.58. The van der Waals surface area contributed by atoms with Gasteiger partial charge in [0.05, 0.1) is 12.0 Å². The Labute approximate surface area is 134 Å². The second kappa shape index (κ2) is 7.06. The quantitative estimate of drug-likeness (QED) is 0.879. The Kier molecular flexibility index (Phi) is 5.33. The number of ether oxygens (including phenoxy) is 1. The number of aryl methyl sites for hydroxylation is 1. The van der Waals surface area contributed by atoms with Crippen molar-refractivity contribution in [1.29, 1.82) is 0 Å². The van der Waals surface area contributed by atoms with E-state index in [9.17, 15) is 17.2 Å². The monoisotopic (exact) mass is 341 g/mol. The summed E-state index contributed by atoms with van der Waals surface area (Å²) in [6.45, 7) is 1.70. The highest BCUT2D eigenvalue weighted by Crippen LogP contribution is 2.21. The molecular formula is C16H17F2NO3S. The van der Waals surface area contributed by atoms with Crippen LogP contribution >= 0.6 is 0 Å². The van der Waals surface area contributed by atoms with Crippen LogP contribution in [-0.4, -0.2) is 22.1 Å². The van der Waals surface area contributed by atoms with Crippen LogP contribution in [0.25, 0.3) is 0 Å². The molecule has 23 heavy (non-hydrogen) atoms. The van der Waals surface area contributed by atoms with Crippen LogP contribution in [0.3, 0.4) is 0 Å². The van der Waals surface area contributed by atoms with Crippen molar-refractivity contribution in [3.63, 3.8) is 0 Å². The second-order valence-corrected chi connectivity index (χ2v) is 6.78. The summed E-state index contributed by atoms with van der Waals surface area (Å²) in [5.41, 5.74) is 0.810. The highest BCUT2D eigenvalue weighted by atomic mass is 32.2. The lowest BCUT2D eigenvalue weighted by molar-refractivity contribution is 0.411. The number of nitrogens with one attached hydrogen (secondary N) is 1. The van der Waals surface area contributed by atoms with Gasteiger partial charge in [-0.05, 0) is 60.9 Å². The molecule has 0 amide bonds. The minimum atomic E-state index is -3.72. The molecule has 1 N–H and O–H groups in total. The topological polar surface area (TPSA) is 55.4 Å². The summed E-state index contributed by atoms with van der Waals surface area (Å²) in [7, 11) is -2.22. The first-order valence-corrected chi connectivity index (χ1v) is 8.40. The van der Waals surface area contributed by atoms with E-state index in [4.69, 9.17) is 4.74 Å². The van der Waals surface area contributed by atoms with E-state index in [1.165, 1.54) is 19.2 Å². The molecule has 2 aromatic carbocycles. The number of halogens is 2. The van der Waals surface area contributed by atoms with Crippen LogP contribution < -0.4 is 9.46 Å². The van der Waals surface area contributed by atoms with Crippen molar-refractivity contribution in [3.05, 3.63) is 59.2 Å². The van der Waals surface area contributed by atoms with Crippen LogP contribution in [0.15, 0.2) is 41.3 Å². The Morgan fingerprint density at radius 1 is 1.13 bits per heavy atom. The van der Waals surface area contributed by atoms with E-state index >= 15 is 0 Å². The molecule has 0 aromatic heterocycles. The number of hydrogen-bond acceptors (Lipinski definition) is 3. The SMILES string of the molecule is COc1ccc(S(=O)(=O)NCCc2cc(F)ccc2F)cc1C. The lowest BCUT2D eigenvalue weighted by atomic mass is 10.1. The van der Waals surface area contributed by atoms with Gasteiger partial charge in [0.1, 0.15) is 17.4 Å². The predicted molar refractivity (Wildman–Crippen MR) is 83.0 cm³/mol. The Balaban J connectivity index is 2.07. The number of benzene rings is 2. The van der Waals surface area contributed by atoms with Crippen molar-refractivity contribution < 1.29 is 21.9 Å². The number of rotatable bonds is 6. The van der Waals surface area contributed by atoms with Crippen LogP contribution in [-0.2, 0) is 16.4 Å². The first kappa shape index (κ1) is 17.4. The van der Waals surface area contributed by atoms with Gasteiger partial charge < -0.3 is 4.74 Å². The normalized spacial score (nSPS) is 11.5. The molecule has 0 fully saturated rings. The van der Waals surface area contributed by atoms with E-state index in [-0.39, 0.29) is 23.4 Å². The van der Waals surface area contributed by atoms with E-state index in [1.54, 1.807) is 13.0 Å². The summed E-state index contributed by atoms with van der Waals surface area (Å²) in [5.74, 6) is -0.535. The van der Waals surface area contributed by atoms with E-state index < -0.39 is 21.7 Å². The summed E-state index contributed by atoms with van der Waals surface area (Å²) in [6.07, 6.45) is 0.0535. The average molecular weight is 341 g/mol. The molecule has 0 aliphatic carbocycles. The Morgan fingerprint density at radius 3 is 2.52 bits per heavy atom. The Hall–Kier alpha value is -1.99. The van der Waals surface area contributed by atoms with Crippen LogP contribution in [0.2, 0.25) is 0 Å². The molecule has 4 nitrogen and oxygen atoms in total. The van der Waals surface area contributed by atoms with Gasteiger partial charge in [-0.15, -0.1) is 0 Å². The second-order valence-electron chi connectivity index (χ2n) is 5.01. The molecule has 2 rings (SSSR count). The highest BCUT2D eigenvalue weighted by Gasteiger charge is 2.15. The third-order valence-electron chi connectivity index (χ3n) is 3.37. The van der Waals surface area contributed by atoms with Gasteiger partial charge in [0.25, 0.3) is 0 Å². The molecule has 124 valence electrons. The molecule has 0 saturated heterocycles. The van der Waals surface area contributed by atoms with Gasteiger partial charge in [-0.3, -0.25) is 0 Å². The average Bonchev–Trinajstić information content (AvgIpc) is 2.50. The molecule has 0 heterocycles. The molecule has 0 unspecified atom stereocenters. The summed E-state index contributed by atoms with van der Waals surface area (Å²) in [5, 5.41) is 0. The van der Waals surface area contributed by atoms with Crippen molar-refractivity contribution in [2.24, 2.45) is 0 Å². The van der Waals surface area contributed by atoms with Crippen molar-refractivity contribution in [2.75, 3.05) is 13.7 Å². The molecule has 0 atom stereocenters. The minimum absolute atomic E-state index is 0.0339.